The molecule has 0 unspecified atom stereocenters. The van der Waals surface area contributed by atoms with Gasteiger partial charge in [-0.15, -0.1) is 5.73 Å². The molecule has 2 N–H and O–H groups in total. The van der Waals surface area contributed by atoms with Crippen molar-refractivity contribution in [3.8, 4) is 6.07 Å². The van der Waals surface area contributed by atoms with Gasteiger partial charge in [0.2, 0.25) is 0 Å². The highest BCUT2D eigenvalue weighted by Gasteiger charge is 2.35. The van der Waals surface area contributed by atoms with Gasteiger partial charge in [-0.2, -0.15) is 18.4 Å². The summed E-state index contributed by atoms with van der Waals surface area (Å²) in [4.78, 5) is 11.5. The summed E-state index contributed by atoms with van der Waals surface area (Å²) in [5.41, 5.74) is 8.83. The van der Waals surface area contributed by atoms with Crippen LogP contribution in [0.4, 0.5) is 13.2 Å². The Morgan fingerprint density at radius 3 is 2.27 bits per heavy atom. The lowest BCUT2D eigenvalue weighted by Crippen LogP contribution is -2.31. The minimum Gasteiger partial charge on any atom is -0.468 e. The number of nitrogens with two attached hydrogens (primary N) is 1. The van der Waals surface area contributed by atoms with Crippen LogP contribution in [-0.2, 0) is 9.53 Å². The summed E-state index contributed by atoms with van der Waals surface area (Å²) in [5, 5.41) is 9.39. The number of esters is 1. The molecule has 4 nitrogen and oxygen atoms in total. The summed E-state index contributed by atoms with van der Waals surface area (Å²) in [7, 11) is 1.23. The number of hydrogen-bond acceptors (Lipinski definition) is 4. The van der Waals surface area contributed by atoms with E-state index in [1.807, 2.05) is 6.07 Å². The summed E-state index contributed by atoms with van der Waals surface area (Å²) < 4.78 is 46.6. The van der Waals surface area contributed by atoms with Crippen molar-refractivity contribution in [3.63, 3.8) is 0 Å². The maximum Gasteiger partial charge on any atom is 0.416 e. The zero-order valence-corrected chi connectivity index (χ0v) is 19.9. The van der Waals surface area contributed by atoms with Crippen LogP contribution in [0.3, 0.4) is 0 Å². The quantitative estimate of drug-likeness (QED) is 0.189. The fourth-order valence-electron chi connectivity index (χ4n) is 2.85. The Balaban J connectivity index is 6.86. The number of methoxy groups -OCH3 is 1. The number of hydrogen-bond donors (Lipinski definition) is 1. The Labute approximate surface area is 194 Å². The summed E-state index contributed by atoms with van der Waals surface area (Å²) >= 11 is 0. The van der Waals surface area contributed by atoms with Gasteiger partial charge < -0.3 is 10.5 Å². The highest BCUT2D eigenvalue weighted by molar-refractivity contribution is 5.75. The fourth-order valence-corrected chi connectivity index (χ4v) is 2.85. The van der Waals surface area contributed by atoms with E-state index in [1.54, 1.807) is 39.0 Å². The summed E-state index contributed by atoms with van der Waals surface area (Å²) in [6.07, 6.45) is 4.14. The number of halogens is 3. The van der Waals surface area contributed by atoms with E-state index in [-0.39, 0.29) is 23.1 Å². The van der Waals surface area contributed by atoms with Crippen molar-refractivity contribution in [2.24, 2.45) is 5.73 Å². The molecule has 0 aromatic rings. The van der Waals surface area contributed by atoms with Gasteiger partial charge in [-0.05, 0) is 69.9 Å². The molecule has 0 rings (SSSR count). The van der Waals surface area contributed by atoms with E-state index in [0.717, 1.165) is 6.08 Å². The third-order valence-electron chi connectivity index (χ3n) is 4.58. The van der Waals surface area contributed by atoms with Gasteiger partial charge in [0.15, 0.2) is 0 Å². The van der Waals surface area contributed by atoms with E-state index in [2.05, 4.69) is 17.0 Å². The molecule has 0 heterocycles. The van der Waals surface area contributed by atoms with E-state index in [1.165, 1.54) is 33.1 Å². The number of alkyl halides is 3. The van der Waals surface area contributed by atoms with Gasteiger partial charge in [-0.3, -0.25) is 4.79 Å². The second-order valence-electron chi connectivity index (χ2n) is 7.22. The molecule has 0 bridgehead atoms. The molecule has 33 heavy (non-hydrogen) atoms. The number of nitrogens with zero attached hydrogens (tertiary/aromatic N) is 1. The van der Waals surface area contributed by atoms with E-state index >= 15 is 0 Å². The van der Waals surface area contributed by atoms with E-state index < -0.39 is 23.8 Å². The Morgan fingerprint density at radius 2 is 1.82 bits per heavy atom. The molecule has 0 aromatic heterocycles. The molecule has 0 saturated carbocycles. The number of carbonyl (C=O) groups is 1. The van der Waals surface area contributed by atoms with Crippen LogP contribution < -0.4 is 5.73 Å². The SMILES string of the molecule is C=C(/C=C/C)C(=C\C=C(/C)C[C@H](N)C(=O)OC)/C(C)=C(/C=C(/C#N)C(C)=C=CC)C(F)(F)F. The fraction of sp³-hybridized carbons (Fsp3) is 0.346. The standard InChI is InChI=1S/C26H31F3N2O2/c1-8-10-18(4)21(16-30)15-23(26(27,28)29)20(6)22(19(5)11-9-2)13-12-17(3)14-24(31)25(32)33-7/h8-9,11-13,15,24H,5,14,31H2,1-4,6-7H3/b11-9+,17-12+,21-15-,22-13+,23-20-/t10?,24-/m0/s1. The summed E-state index contributed by atoms with van der Waals surface area (Å²) in [6, 6.07) is 0.925. The Bertz CT molecular complexity index is 1010. The van der Waals surface area contributed by atoms with E-state index in [0.29, 0.717) is 16.7 Å². The van der Waals surface area contributed by atoms with Crippen LogP contribution in [0, 0.1) is 11.3 Å². The second kappa shape index (κ2) is 13.9. The van der Waals surface area contributed by atoms with Crippen LogP contribution in [0.15, 0.2) is 87.8 Å². The first-order valence-corrected chi connectivity index (χ1v) is 10.1. The number of nitriles is 1. The highest BCUT2D eigenvalue weighted by Crippen LogP contribution is 2.35. The second-order valence-corrected chi connectivity index (χ2v) is 7.22. The zero-order chi connectivity index (χ0) is 25.8. The molecular weight excluding hydrogens is 429 g/mol. The molecule has 0 amide bonds. The molecular formula is C26H31F3N2O2. The summed E-state index contributed by atoms with van der Waals surface area (Å²) in [6.45, 7) is 11.8. The van der Waals surface area contributed by atoms with Gasteiger partial charge in [-0.25, -0.2) is 0 Å². The van der Waals surface area contributed by atoms with E-state index in [9.17, 15) is 23.2 Å². The molecule has 178 valence electrons. The number of allylic oxidation sites excluding steroid dienone is 11. The van der Waals surface area contributed by atoms with Crippen LogP contribution in [0.1, 0.15) is 41.0 Å². The predicted octanol–water partition coefficient (Wildman–Crippen LogP) is 6.33. The topological polar surface area (TPSA) is 76.1 Å². The minimum absolute atomic E-state index is 0.104. The lowest BCUT2D eigenvalue weighted by atomic mass is 9.92. The first-order valence-electron chi connectivity index (χ1n) is 10.1. The normalized spacial score (nSPS) is 14.8. The lowest BCUT2D eigenvalue weighted by molar-refractivity contribution is -0.142. The molecule has 7 heteroatoms. The largest absolute Gasteiger partial charge is 0.468 e. The lowest BCUT2D eigenvalue weighted by Gasteiger charge is -2.16. The van der Waals surface area contributed by atoms with Crippen molar-refractivity contribution in [2.75, 3.05) is 7.11 Å². The van der Waals surface area contributed by atoms with Crippen LogP contribution in [0.25, 0.3) is 0 Å². The molecule has 0 saturated heterocycles. The van der Waals surface area contributed by atoms with Gasteiger partial charge in [0.1, 0.15) is 12.1 Å². The van der Waals surface area contributed by atoms with Crippen molar-refractivity contribution in [3.05, 3.63) is 87.8 Å². The molecule has 0 aliphatic carbocycles. The zero-order valence-electron chi connectivity index (χ0n) is 19.9. The van der Waals surface area contributed by atoms with Gasteiger partial charge in [-0.1, -0.05) is 36.5 Å². The average Bonchev–Trinajstić information content (AvgIpc) is 2.73. The van der Waals surface area contributed by atoms with Gasteiger partial charge in [0.25, 0.3) is 0 Å². The van der Waals surface area contributed by atoms with Gasteiger partial charge in [0, 0.05) is 5.57 Å². The maximum atomic E-state index is 14.0. The molecule has 1 atom stereocenters. The summed E-state index contributed by atoms with van der Waals surface area (Å²) in [5.74, 6) is -0.584. The van der Waals surface area contributed by atoms with Crippen molar-refractivity contribution >= 4 is 5.97 Å². The van der Waals surface area contributed by atoms with Crippen LogP contribution in [-0.4, -0.2) is 25.3 Å². The highest BCUT2D eigenvalue weighted by atomic mass is 19.4. The van der Waals surface area contributed by atoms with E-state index in [4.69, 9.17) is 5.73 Å². The Morgan fingerprint density at radius 1 is 1.21 bits per heavy atom. The Hall–Kier alpha value is -3.33. The molecule has 0 radical (unpaired) electrons. The van der Waals surface area contributed by atoms with Crippen molar-refractivity contribution in [1.29, 1.82) is 5.26 Å². The van der Waals surface area contributed by atoms with Gasteiger partial charge in [0.05, 0.1) is 18.3 Å². The number of rotatable bonds is 9. The van der Waals surface area contributed by atoms with Crippen LogP contribution in [0.5, 0.6) is 0 Å². The minimum atomic E-state index is -4.72. The van der Waals surface area contributed by atoms with Crippen molar-refractivity contribution < 1.29 is 22.7 Å². The molecule has 0 spiro atoms. The molecule has 0 aliphatic rings. The monoisotopic (exact) mass is 460 g/mol. The number of ether oxygens (including phenoxy) is 1. The van der Waals surface area contributed by atoms with Crippen molar-refractivity contribution in [2.45, 2.75) is 53.3 Å². The Kier molecular flexibility index (Phi) is 12.5. The van der Waals surface area contributed by atoms with Crippen molar-refractivity contribution in [1.82, 2.24) is 0 Å². The van der Waals surface area contributed by atoms with Crippen LogP contribution in [0.2, 0.25) is 0 Å². The molecule has 0 aromatic carbocycles. The molecule has 0 aliphatic heterocycles. The third kappa shape index (κ3) is 9.78. The van der Waals surface area contributed by atoms with Gasteiger partial charge >= 0.3 is 12.1 Å². The first-order chi connectivity index (χ1) is 15.3. The first kappa shape index (κ1) is 29.7. The predicted molar refractivity (Wildman–Crippen MR) is 126 cm³/mol. The third-order valence-corrected chi connectivity index (χ3v) is 4.58. The maximum absolute atomic E-state index is 14.0. The number of carbonyl (C=O) groups excluding carboxylic acids is 1. The molecule has 0 fully saturated rings. The average molecular weight is 461 g/mol. The smallest absolute Gasteiger partial charge is 0.416 e. The van der Waals surface area contributed by atoms with Crippen LogP contribution >= 0.6 is 0 Å².